The fourth-order valence-electron chi connectivity index (χ4n) is 2.07. The Morgan fingerprint density at radius 1 is 1.04 bits per heavy atom. The number of rotatable bonds is 5. The number of carbonyl (C=O) groups is 1. The first-order valence-electron chi connectivity index (χ1n) is 7.24. The zero-order valence-corrected chi connectivity index (χ0v) is 14.8. The summed E-state index contributed by atoms with van der Waals surface area (Å²) in [5.41, 5.74) is 0.515. The van der Waals surface area contributed by atoms with Crippen LogP contribution in [0.3, 0.4) is 0 Å². The normalized spacial score (nSPS) is 14.2. The molecule has 0 unspecified atom stereocenters. The molecule has 0 radical (unpaired) electrons. The van der Waals surface area contributed by atoms with Gasteiger partial charge in [-0.05, 0) is 55.3 Å². The highest BCUT2D eigenvalue weighted by atomic mass is 35.5. The molecule has 8 heteroatoms. The van der Waals surface area contributed by atoms with Gasteiger partial charge in [-0.15, -0.1) is 0 Å². The molecule has 0 bridgehead atoms. The number of nitrogens with one attached hydrogen (secondary N) is 2. The lowest BCUT2D eigenvalue weighted by Crippen LogP contribution is -2.26. The Kier molecular flexibility index (Phi) is 4.71. The highest BCUT2D eigenvalue weighted by Crippen LogP contribution is 2.25. The number of sulfonamides is 1. The number of anilines is 1. The number of hydrogen-bond donors (Lipinski definition) is 2. The van der Waals surface area contributed by atoms with Gasteiger partial charge in [0.1, 0.15) is 0 Å². The van der Waals surface area contributed by atoms with Crippen LogP contribution in [0.15, 0.2) is 47.4 Å². The molecule has 2 N–H and O–H groups in total. The van der Waals surface area contributed by atoms with Gasteiger partial charge < -0.3 is 5.32 Å². The Morgan fingerprint density at radius 3 is 2.33 bits per heavy atom. The zero-order valence-electron chi connectivity index (χ0n) is 12.4. The van der Waals surface area contributed by atoms with Crippen LogP contribution in [0.2, 0.25) is 10.0 Å². The minimum Gasteiger partial charge on any atom is -0.349 e. The largest absolute Gasteiger partial charge is 0.349 e. The van der Waals surface area contributed by atoms with Crippen molar-refractivity contribution >= 4 is 44.8 Å². The van der Waals surface area contributed by atoms with Crippen LogP contribution in [0, 0.1) is 0 Å². The third-order valence-corrected chi connectivity index (χ3v) is 5.46. The van der Waals surface area contributed by atoms with E-state index in [-0.39, 0.29) is 27.4 Å². The molecule has 0 aromatic heterocycles. The predicted octanol–water partition coefficient (Wildman–Crippen LogP) is 3.69. The zero-order chi connectivity index (χ0) is 17.3. The smallest absolute Gasteiger partial charge is 0.261 e. The molecular formula is C16H14Cl2N2O3S. The van der Waals surface area contributed by atoms with Crippen molar-refractivity contribution < 1.29 is 13.2 Å². The first kappa shape index (κ1) is 17.1. The second-order valence-corrected chi connectivity index (χ2v) is 8.03. The van der Waals surface area contributed by atoms with Crippen molar-refractivity contribution in [3.05, 3.63) is 58.1 Å². The number of halogens is 2. The van der Waals surface area contributed by atoms with Gasteiger partial charge in [0, 0.05) is 16.8 Å². The molecule has 0 saturated heterocycles. The Labute approximate surface area is 150 Å². The summed E-state index contributed by atoms with van der Waals surface area (Å²) in [5, 5.41) is 3.50. The second-order valence-electron chi connectivity index (χ2n) is 5.50. The predicted molar refractivity (Wildman–Crippen MR) is 94.2 cm³/mol. The minimum atomic E-state index is -3.84. The molecule has 2 aromatic rings. The second kappa shape index (κ2) is 6.63. The van der Waals surface area contributed by atoms with E-state index in [1.54, 1.807) is 24.3 Å². The maximum atomic E-state index is 12.5. The van der Waals surface area contributed by atoms with Crippen LogP contribution in [0.5, 0.6) is 0 Å². The highest BCUT2D eigenvalue weighted by Gasteiger charge is 2.26. The molecule has 0 heterocycles. The quantitative estimate of drug-likeness (QED) is 0.825. The van der Waals surface area contributed by atoms with Gasteiger partial charge in [-0.2, -0.15) is 0 Å². The number of carbonyl (C=O) groups excluding carboxylic acids is 1. The lowest BCUT2D eigenvalue weighted by molar-refractivity contribution is 0.0951. The Balaban J connectivity index is 1.86. The van der Waals surface area contributed by atoms with E-state index in [0.717, 1.165) is 12.8 Å². The van der Waals surface area contributed by atoms with E-state index in [4.69, 9.17) is 23.2 Å². The molecule has 1 fully saturated rings. The van der Waals surface area contributed by atoms with E-state index in [2.05, 4.69) is 10.0 Å². The maximum Gasteiger partial charge on any atom is 0.261 e. The fourth-order valence-corrected chi connectivity index (χ4v) is 3.48. The summed E-state index contributed by atoms with van der Waals surface area (Å²) in [5.74, 6) is -0.369. The molecule has 24 heavy (non-hydrogen) atoms. The van der Waals surface area contributed by atoms with E-state index in [1.807, 2.05) is 0 Å². The van der Waals surface area contributed by atoms with Gasteiger partial charge in [0.25, 0.3) is 15.9 Å². The molecule has 3 rings (SSSR count). The van der Waals surface area contributed by atoms with Crippen LogP contribution in [-0.2, 0) is 10.0 Å². The first-order chi connectivity index (χ1) is 11.3. The van der Waals surface area contributed by atoms with Crippen molar-refractivity contribution in [3.63, 3.8) is 0 Å². The SMILES string of the molecule is O=C(NC1CC1)c1cc(S(=O)(=O)Nc2ccc(Cl)cc2)ccc1Cl. The minimum absolute atomic E-state index is 0.0391. The summed E-state index contributed by atoms with van der Waals surface area (Å²) in [7, 11) is -3.84. The highest BCUT2D eigenvalue weighted by molar-refractivity contribution is 7.92. The third kappa shape index (κ3) is 4.01. The van der Waals surface area contributed by atoms with Crippen LogP contribution in [0.1, 0.15) is 23.2 Å². The fraction of sp³-hybridized carbons (Fsp3) is 0.188. The van der Waals surface area contributed by atoms with Crippen molar-refractivity contribution in [2.45, 2.75) is 23.8 Å². The molecule has 0 aliphatic heterocycles. The number of hydrogen-bond acceptors (Lipinski definition) is 3. The Bertz CT molecular complexity index is 879. The van der Waals surface area contributed by atoms with Gasteiger partial charge >= 0.3 is 0 Å². The average Bonchev–Trinajstić information content (AvgIpc) is 3.33. The standard InChI is InChI=1S/C16H14Cl2N2O3S/c17-10-1-3-12(4-2-10)20-24(22,23)13-7-8-15(18)14(9-13)16(21)19-11-5-6-11/h1-4,7-9,11,20H,5-6H2,(H,19,21). The summed E-state index contributed by atoms with van der Waals surface area (Å²) < 4.78 is 27.4. The van der Waals surface area contributed by atoms with Crippen molar-refractivity contribution in [3.8, 4) is 0 Å². The van der Waals surface area contributed by atoms with Crippen molar-refractivity contribution in [1.29, 1.82) is 0 Å². The van der Waals surface area contributed by atoms with Crippen molar-refractivity contribution in [2.75, 3.05) is 4.72 Å². The van der Waals surface area contributed by atoms with E-state index >= 15 is 0 Å². The summed E-state index contributed by atoms with van der Waals surface area (Å²) in [6, 6.07) is 10.5. The summed E-state index contributed by atoms with van der Waals surface area (Å²) in [6.45, 7) is 0. The van der Waals surface area contributed by atoms with Crippen LogP contribution in [-0.4, -0.2) is 20.4 Å². The molecule has 0 atom stereocenters. The molecule has 5 nitrogen and oxygen atoms in total. The topological polar surface area (TPSA) is 75.3 Å². The summed E-state index contributed by atoms with van der Waals surface area (Å²) in [4.78, 5) is 12.1. The van der Waals surface area contributed by atoms with Crippen molar-refractivity contribution in [2.24, 2.45) is 0 Å². The van der Waals surface area contributed by atoms with Crippen LogP contribution >= 0.6 is 23.2 Å². The van der Waals surface area contributed by atoms with Crippen LogP contribution < -0.4 is 10.0 Å². The molecular weight excluding hydrogens is 371 g/mol. The third-order valence-electron chi connectivity index (χ3n) is 3.50. The van der Waals surface area contributed by atoms with Gasteiger partial charge in [0.05, 0.1) is 15.5 Å². The molecule has 1 amide bonds. The number of benzene rings is 2. The molecule has 1 aliphatic rings. The van der Waals surface area contributed by atoms with Gasteiger partial charge in [-0.25, -0.2) is 8.42 Å². The average molecular weight is 385 g/mol. The maximum absolute atomic E-state index is 12.5. The van der Waals surface area contributed by atoms with E-state index < -0.39 is 10.0 Å². The summed E-state index contributed by atoms with van der Waals surface area (Å²) >= 11 is 11.8. The number of amides is 1. The molecule has 0 spiro atoms. The summed E-state index contributed by atoms with van der Waals surface area (Å²) in [6.07, 6.45) is 1.86. The molecule has 2 aromatic carbocycles. The van der Waals surface area contributed by atoms with Crippen molar-refractivity contribution in [1.82, 2.24) is 5.32 Å². The van der Waals surface area contributed by atoms with E-state index in [9.17, 15) is 13.2 Å². The molecule has 126 valence electrons. The molecule has 1 saturated carbocycles. The first-order valence-corrected chi connectivity index (χ1v) is 9.48. The van der Waals surface area contributed by atoms with E-state index in [1.165, 1.54) is 18.2 Å². The molecule has 1 aliphatic carbocycles. The Hall–Kier alpha value is -1.76. The van der Waals surface area contributed by atoms with Gasteiger partial charge in [0.2, 0.25) is 0 Å². The van der Waals surface area contributed by atoms with Gasteiger partial charge in [-0.3, -0.25) is 9.52 Å². The Morgan fingerprint density at radius 2 is 1.71 bits per heavy atom. The lowest BCUT2D eigenvalue weighted by Gasteiger charge is -2.11. The van der Waals surface area contributed by atoms with E-state index in [0.29, 0.717) is 10.7 Å². The van der Waals surface area contributed by atoms with Crippen LogP contribution in [0.25, 0.3) is 0 Å². The lowest BCUT2D eigenvalue weighted by atomic mass is 10.2. The monoisotopic (exact) mass is 384 g/mol. The van der Waals surface area contributed by atoms with Crippen LogP contribution in [0.4, 0.5) is 5.69 Å². The van der Waals surface area contributed by atoms with Gasteiger partial charge in [0.15, 0.2) is 0 Å². The van der Waals surface area contributed by atoms with Gasteiger partial charge in [-0.1, -0.05) is 23.2 Å².